The van der Waals surface area contributed by atoms with Crippen molar-refractivity contribution >= 4 is 0 Å². The van der Waals surface area contributed by atoms with Gasteiger partial charge in [-0.1, -0.05) is 13.8 Å². The van der Waals surface area contributed by atoms with Gasteiger partial charge in [0.25, 0.3) is 0 Å². The standard InChI is InChI=1S/C6H11F4N/c1-5(2,3-11)4(7)6(8,9)10/h4H,3,11H2,1-2H3. The third-order valence-electron chi connectivity index (χ3n) is 1.50. The molecule has 0 amide bonds. The van der Waals surface area contributed by atoms with Gasteiger partial charge >= 0.3 is 6.18 Å². The summed E-state index contributed by atoms with van der Waals surface area (Å²) in [6.07, 6.45) is -7.65. The van der Waals surface area contributed by atoms with Crippen LogP contribution in [-0.4, -0.2) is 18.9 Å². The summed E-state index contributed by atoms with van der Waals surface area (Å²) in [4.78, 5) is 0. The zero-order valence-corrected chi connectivity index (χ0v) is 6.37. The quantitative estimate of drug-likeness (QED) is 0.634. The number of hydrogen-bond acceptors (Lipinski definition) is 1. The van der Waals surface area contributed by atoms with Crippen LogP contribution in [0.25, 0.3) is 0 Å². The smallest absolute Gasteiger partial charge is 0.330 e. The van der Waals surface area contributed by atoms with Gasteiger partial charge in [-0.15, -0.1) is 0 Å². The van der Waals surface area contributed by atoms with Crippen LogP contribution >= 0.6 is 0 Å². The molecule has 0 aliphatic heterocycles. The molecular weight excluding hydrogens is 162 g/mol. The van der Waals surface area contributed by atoms with Gasteiger partial charge in [0.2, 0.25) is 6.17 Å². The third-order valence-corrected chi connectivity index (χ3v) is 1.50. The maximum Gasteiger partial charge on any atom is 0.420 e. The molecule has 0 aliphatic rings. The lowest BCUT2D eigenvalue weighted by molar-refractivity contribution is -0.206. The van der Waals surface area contributed by atoms with Crippen molar-refractivity contribution in [1.29, 1.82) is 0 Å². The van der Waals surface area contributed by atoms with Crippen LogP contribution in [0.3, 0.4) is 0 Å². The van der Waals surface area contributed by atoms with Crippen molar-refractivity contribution in [2.24, 2.45) is 11.1 Å². The molecule has 0 aromatic carbocycles. The molecule has 0 rings (SSSR count). The predicted molar refractivity (Wildman–Crippen MR) is 33.8 cm³/mol. The molecule has 0 aromatic heterocycles. The van der Waals surface area contributed by atoms with Crippen molar-refractivity contribution in [2.75, 3.05) is 6.54 Å². The van der Waals surface area contributed by atoms with E-state index in [2.05, 4.69) is 0 Å². The summed E-state index contributed by atoms with van der Waals surface area (Å²) < 4.78 is 47.6. The highest BCUT2D eigenvalue weighted by Gasteiger charge is 2.48. The molecule has 1 atom stereocenters. The minimum atomic E-state index is -4.80. The zero-order chi connectivity index (χ0) is 9.28. The van der Waals surface area contributed by atoms with Gasteiger partial charge in [-0.3, -0.25) is 0 Å². The zero-order valence-electron chi connectivity index (χ0n) is 6.37. The largest absolute Gasteiger partial charge is 0.420 e. The van der Waals surface area contributed by atoms with E-state index in [1.807, 2.05) is 0 Å². The van der Waals surface area contributed by atoms with Crippen LogP contribution in [0.2, 0.25) is 0 Å². The first kappa shape index (κ1) is 10.7. The van der Waals surface area contributed by atoms with Crippen LogP contribution < -0.4 is 5.73 Å². The third kappa shape index (κ3) is 2.65. The van der Waals surface area contributed by atoms with Gasteiger partial charge in [-0.25, -0.2) is 4.39 Å². The second-order valence-electron chi connectivity index (χ2n) is 3.10. The van der Waals surface area contributed by atoms with Crippen LogP contribution in [0.5, 0.6) is 0 Å². The van der Waals surface area contributed by atoms with Gasteiger partial charge in [0, 0.05) is 12.0 Å². The molecule has 5 heteroatoms. The van der Waals surface area contributed by atoms with Gasteiger partial charge in [0.1, 0.15) is 0 Å². The normalized spacial score (nSPS) is 16.6. The molecule has 0 spiro atoms. The fourth-order valence-electron chi connectivity index (χ4n) is 0.547. The van der Waals surface area contributed by atoms with Crippen LogP contribution in [0.15, 0.2) is 0 Å². The van der Waals surface area contributed by atoms with Crippen LogP contribution in [0, 0.1) is 5.41 Å². The first-order valence-electron chi connectivity index (χ1n) is 3.12. The van der Waals surface area contributed by atoms with E-state index in [9.17, 15) is 17.6 Å². The molecule has 0 saturated carbocycles. The minimum Gasteiger partial charge on any atom is -0.330 e. The van der Waals surface area contributed by atoms with Gasteiger partial charge in [-0.05, 0) is 0 Å². The highest BCUT2D eigenvalue weighted by atomic mass is 19.4. The minimum absolute atomic E-state index is 0.326. The number of rotatable bonds is 2. The first-order valence-corrected chi connectivity index (χ1v) is 3.12. The molecule has 0 heterocycles. The Labute approximate surface area is 62.6 Å². The molecule has 0 bridgehead atoms. The van der Waals surface area contributed by atoms with Crippen molar-refractivity contribution in [3.8, 4) is 0 Å². The average Bonchev–Trinajstić information content (AvgIpc) is 1.84. The second-order valence-corrected chi connectivity index (χ2v) is 3.10. The van der Waals surface area contributed by atoms with Crippen LogP contribution in [0.4, 0.5) is 17.6 Å². The van der Waals surface area contributed by atoms with E-state index in [1.54, 1.807) is 0 Å². The Morgan fingerprint density at radius 2 is 1.64 bits per heavy atom. The maximum atomic E-state index is 12.5. The molecular formula is C6H11F4N. The first-order chi connectivity index (χ1) is 4.72. The molecule has 0 radical (unpaired) electrons. The highest BCUT2D eigenvalue weighted by Crippen LogP contribution is 2.35. The van der Waals surface area contributed by atoms with Crippen molar-refractivity contribution in [3.63, 3.8) is 0 Å². The highest BCUT2D eigenvalue weighted by molar-refractivity contribution is 4.84. The monoisotopic (exact) mass is 173 g/mol. The van der Waals surface area contributed by atoms with Crippen molar-refractivity contribution in [2.45, 2.75) is 26.2 Å². The Morgan fingerprint density at radius 1 is 1.27 bits per heavy atom. The van der Waals surface area contributed by atoms with Crippen molar-refractivity contribution in [3.05, 3.63) is 0 Å². The molecule has 0 aromatic rings. The number of nitrogens with two attached hydrogens (primary N) is 1. The van der Waals surface area contributed by atoms with E-state index in [0.29, 0.717) is 0 Å². The second kappa shape index (κ2) is 2.97. The lowest BCUT2D eigenvalue weighted by Crippen LogP contribution is -2.42. The van der Waals surface area contributed by atoms with Gasteiger partial charge in [0.15, 0.2) is 0 Å². The lowest BCUT2D eigenvalue weighted by atomic mass is 9.87. The SMILES string of the molecule is CC(C)(CN)C(F)C(F)(F)F. The maximum absolute atomic E-state index is 12.5. The topological polar surface area (TPSA) is 26.0 Å². The molecule has 0 aliphatic carbocycles. The summed E-state index contributed by atoms with van der Waals surface area (Å²) in [5, 5.41) is 0. The Kier molecular flexibility index (Phi) is 2.88. The molecule has 68 valence electrons. The molecule has 1 nitrogen and oxygen atoms in total. The lowest BCUT2D eigenvalue weighted by Gasteiger charge is -2.28. The molecule has 2 N–H and O–H groups in total. The Morgan fingerprint density at radius 3 is 1.73 bits per heavy atom. The predicted octanol–water partition coefficient (Wildman–Crippen LogP) is 1.87. The average molecular weight is 173 g/mol. The summed E-state index contributed by atoms with van der Waals surface area (Å²) in [7, 11) is 0. The number of hydrogen-bond donors (Lipinski definition) is 1. The Hall–Kier alpha value is -0.320. The van der Waals surface area contributed by atoms with E-state index in [4.69, 9.17) is 5.73 Å². The van der Waals surface area contributed by atoms with Gasteiger partial charge in [-0.2, -0.15) is 13.2 Å². The molecule has 0 saturated heterocycles. The number of alkyl halides is 4. The van der Waals surface area contributed by atoms with E-state index >= 15 is 0 Å². The molecule has 0 fully saturated rings. The molecule has 1 unspecified atom stereocenters. The van der Waals surface area contributed by atoms with E-state index in [0.717, 1.165) is 13.8 Å². The summed E-state index contributed by atoms with van der Waals surface area (Å²) in [6, 6.07) is 0. The van der Waals surface area contributed by atoms with Crippen molar-refractivity contribution in [1.82, 2.24) is 0 Å². The van der Waals surface area contributed by atoms with Crippen LogP contribution in [-0.2, 0) is 0 Å². The van der Waals surface area contributed by atoms with Crippen molar-refractivity contribution < 1.29 is 17.6 Å². The van der Waals surface area contributed by atoms with E-state index in [1.165, 1.54) is 0 Å². The molecule has 11 heavy (non-hydrogen) atoms. The van der Waals surface area contributed by atoms with E-state index in [-0.39, 0.29) is 6.54 Å². The Balaban J connectivity index is 4.35. The summed E-state index contributed by atoms with van der Waals surface area (Å²) >= 11 is 0. The van der Waals surface area contributed by atoms with Gasteiger partial charge < -0.3 is 5.73 Å². The Bertz CT molecular complexity index is 129. The number of halogens is 4. The fraction of sp³-hybridized carbons (Fsp3) is 1.00. The van der Waals surface area contributed by atoms with E-state index < -0.39 is 17.8 Å². The summed E-state index contributed by atoms with van der Waals surface area (Å²) in [5.41, 5.74) is 3.43. The summed E-state index contributed by atoms with van der Waals surface area (Å²) in [6.45, 7) is 1.96. The van der Waals surface area contributed by atoms with Gasteiger partial charge in [0.05, 0.1) is 0 Å². The van der Waals surface area contributed by atoms with Crippen LogP contribution in [0.1, 0.15) is 13.8 Å². The summed E-state index contributed by atoms with van der Waals surface area (Å²) in [5.74, 6) is 0. The fourth-order valence-corrected chi connectivity index (χ4v) is 0.547.